The van der Waals surface area contributed by atoms with Crippen molar-refractivity contribution in [1.82, 2.24) is 0 Å². The third kappa shape index (κ3) is 5.25. The van der Waals surface area contributed by atoms with Gasteiger partial charge in [0.15, 0.2) is 0 Å². The zero-order chi connectivity index (χ0) is 25.7. The molecule has 1 N–H and O–H groups in total. The van der Waals surface area contributed by atoms with Crippen molar-refractivity contribution < 1.29 is 28.2 Å². The summed E-state index contributed by atoms with van der Waals surface area (Å²) in [6.45, 7) is 8.04. The highest BCUT2D eigenvalue weighted by Gasteiger charge is 2.24. The molecule has 0 radical (unpaired) electrons. The standard InChI is InChI=1S/C29H27NO6/c1-5-34-29(32)22-8-6-7-9-24(22)30-28(31)26-23-16-21(35-17-18(2)3)14-15-25(23)36-27(26)19-10-12-20(33-4)13-11-19/h6-16H,2,5,17H2,1,3-4H3,(H,30,31). The number of carbonyl (C=O) groups excluding carboxylic acids is 2. The number of esters is 1. The maximum Gasteiger partial charge on any atom is 0.340 e. The molecule has 0 saturated carbocycles. The van der Waals surface area contributed by atoms with Gasteiger partial charge in [-0.25, -0.2) is 4.79 Å². The summed E-state index contributed by atoms with van der Waals surface area (Å²) >= 11 is 0. The van der Waals surface area contributed by atoms with Gasteiger partial charge in [-0.2, -0.15) is 0 Å². The fourth-order valence-electron chi connectivity index (χ4n) is 3.71. The van der Waals surface area contributed by atoms with Crippen LogP contribution in [0.1, 0.15) is 34.6 Å². The highest BCUT2D eigenvalue weighted by atomic mass is 16.5. The molecule has 4 rings (SSSR count). The smallest absolute Gasteiger partial charge is 0.340 e. The van der Waals surface area contributed by atoms with Gasteiger partial charge in [0.25, 0.3) is 5.91 Å². The zero-order valence-corrected chi connectivity index (χ0v) is 20.4. The number of carbonyl (C=O) groups is 2. The van der Waals surface area contributed by atoms with Gasteiger partial charge in [0, 0.05) is 10.9 Å². The summed E-state index contributed by atoms with van der Waals surface area (Å²) in [7, 11) is 1.59. The first-order valence-corrected chi connectivity index (χ1v) is 11.5. The molecule has 1 heterocycles. The molecule has 36 heavy (non-hydrogen) atoms. The molecule has 0 aliphatic heterocycles. The van der Waals surface area contributed by atoms with Gasteiger partial charge in [0.2, 0.25) is 0 Å². The zero-order valence-electron chi connectivity index (χ0n) is 20.4. The summed E-state index contributed by atoms with van der Waals surface area (Å²) in [5.41, 5.74) is 3.00. The van der Waals surface area contributed by atoms with E-state index in [-0.39, 0.29) is 12.2 Å². The van der Waals surface area contributed by atoms with Crippen molar-refractivity contribution in [2.45, 2.75) is 13.8 Å². The molecule has 0 aliphatic rings. The number of rotatable bonds is 9. The largest absolute Gasteiger partial charge is 0.497 e. The molecule has 0 saturated heterocycles. The Labute approximate surface area is 209 Å². The molecule has 0 aliphatic carbocycles. The van der Waals surface area contributed by atoms with Gasteiger partial charge < -0.3 is 23.9 Å². The lowest BCUT2D eigenvalue weighted by Gasteiger charge is -2.11. The molecular formula is C29H27NO6. The van der Waals surface area contributed by atoms with E-state index in [9.17, 15) is 9.59 Å². The maximum atomic E-state index is 13.7. The summed E-state index contributed by atoms with van der Waals surface area (Å²) < 4.78 is 22.4. The second-order valence-electron chi connectivity index (χ2n) is 8.16. The van der Waals surface area contributed by atoms with Crippen molar-refractivity contribution in [2.75, 3.05) is 25.6 Å². The van der Waals surface area contributed by atoms with E-state index >= 15 is 0 Å². The number of benzene rings is 3. The number of fused-ring (bicyclic) bond motifs is 1. The van der Waals surface area contributed by atoms with Crippen LogP contribution in [0.2, 0.25) is 0 Å². The molecule has 7 heteroatoms. The lowest BCUT2D eigenvalue weighted by atomic mass is 10.0. The van der Waals surface area contributed by atoms with Crippen molar-refractivity contribution in [3.63, 3.8) is 0 Å². The third-order valence-corrected chi connectivity index (χ3v) is 5.39. The summed E-state index contributed by atoms with van der Waals surface area (Å²) in [6.07, 6.45) is 0. The lowest BCUT2D eigenvalue weighted by Crippen LogP contribution is -2.16. The number of para-hydroxylation sites is 1. The number of methoxy groups -OCH3 is 1. The maximum absolute atomic E-state index is 13.7. The van der Waals surface area contributed by atoms with E-state index in [1.165, 1.54) is 0 Å². The Bertz CT molecular complexity index is 1420. The Morgan fingerprint density at radius 2 is 1.72 bits per heavy atom. The number of amides is 1. The fourth-order valence-corrected chi connectivity index (χ4v) is 3.71. The monoisotopic (exact) mass is 485 g/mol. The summed E-state index contributed by atoms with van der Waals surface area (Å²) in [6, 6.07) is 19.2. The van der Waals surface area contributed by atoms with E-state index in [2.05, 4.69) is 11.9 Å². The van der Waals surface area contributed by atoms with Crippen LogP contribution in [-0.4, -0.2) is 32.2 Å². The third-order valence-electron chi connectivity index (χ3n) is 5.39. The number of ether oxygens (including phenoxy) is 3. The van der Waals surface area contributed by atoms with Gasteiger partial charge in [-0.05, 0) is 74.0 Å². The van der Waals surface area contributed by atoms with E-state index in [4.69, 9.17) is 18.6 Å². The highest BCUT2D eigenvalue weighted by Crippen LogP contribution is 2.37. The van der Waals surface area contributed by atoms with E-state index in [1.54, 1.807) is 68.6 Å². The molecule has 1 amide bonds. The second-order valence-corrected chi connectivity index (χ2v) is 8.16. The predicted molar refractivity (Wildman–Crippen MR) is 139 cm³/mol. The topological polar surface area (TPSA) is 87.0 Å². The number of hydrogen-bond acceptors (Lipinski definition) is 6. The van der Waals surface area contributed by atoms with Crippen LogP contribution in [0.15, 0.2) is 83.3 Å². The average Bonchev–Trinajstić information content (AvgIpc) is 3.27. The van der Waals surface area contributed by atoms with Gasteiger partial charge in [0.1, 0.15) is 29.4 Å². The van der Waals surface area contributed by atoms with Gasteiger partial charge in [0.05, 0.1) is 30.5 Å². The van der Waals surface area contributed by atoms with Crippen LogP contribution in [-0.2, 0) is 4.74 Å². The molecule has 0 fully saturated rings. The molecular weight excluding hydrogens is 458 g/mol. The average molecular weight is 486 g/mol. The van der Waals surface area contributed by atoms with E-state index in [1.807, 2.05) is 19.1 Å². The predicted octanol–water partition coefficient (Wildman–Crippen LogP) is 6.49. The molecule has 4 aromatic rings. The van der Waals surface area contributed by atoms with Crippen LogP contribution in [0.4, 0.5) is 5.69 Å². The van der Waals surface area contributed by atoms with Crippen LogP contribution < -0.4 is 14.8 Å². The number of nitrogens with one attached hydrogen (secondary N) is 1. The quantitative estimate of drug-likeness (QED) is 0.215. The van der Waals surface area contributed by atoms with Crippen LogP contribution in [0, 0.1) is 0 Å². The van der Waals surface area contributed by atoms with Crippen molar-refractivity contribution in [1.29, 1.82) is 0 Å². The Kier molecular flexibility index (Phi) is 7.39. The minimum atomic E-state index is -0.517. The highest BCUT2D eigenvalue weighted by molar-refractivity contribution is 6.17. The second kappa shape index (κ2) is 10.8. The first-order valence-electron chi connectivity index (χ1n) is 11.5. The van der Waals surface area contributed by atoms with Crippen molar-refractivity contribution >= 4 is 28.5 Å². The Morgan fingerprint density at radius 1 is 1.00 bits per heavy atom. The van der Waals surface area contributed by atoms with Crippen molar-refractivity contribution in [3.05, 3.63) is 90.0 Å². The lowest BCUT2D eigenvalue weighted by molar-refractivity contribution is 0.0527. The minimum Gasteiger partial charge on any atom is -0.497 e. The molecule has 184 valence electrons. The van der Waals surface area contributed by atoms with Crippen molar-refractivity contribution in [3.8, 4) is 22.8 Å². The van der Waals surface area contributed by atoms with E-state index < -0.39 is 11.9 Å². The Balaban J connectivity index is 1.80. The first-order chi connectivity index (χ1) is 17.4. The molecule has 0 spiro atoms. The van der Waals surface area contributed by atoms with Crippen LogP contribution in [0.5, 0.6) is 11.5 Å². The molecule has 3 aromatic carbocycles. The minimum absolute atomic E-state index is 0.224. The molecule has 0 atom stereocenters. The molecule has 0 bridgehead atoms. The summed E-state index contributed by atoms with van der Waals surface area (Å²) in [5, 5.41) is 3.44. The van der Waals surface area contributed by atoms with Crippen LogP contribution >= 0.6 is 0 Å². The van der Waals surface area contributed by atoms with Gasteiger partial charge >= 0.3 is 5.97 Å². The van der Waals surface area contributed by atoms with E-state index in [0.717, 1.165) is 5.57 Å². The molecule has 1 aromatic heterocycles. The molecule has 0 unspecified atom stereocenters. The number of hydrogen-bond donors (Lipinski definition) is 1. The van der Waals surface area contributed by atoms with Gasteiger partial charge in [-0.1, -0.05) is 18.7 Å². The Hall–Kier alpha value is -4.52. The van der Waals surface area contributed by atoms with Crippen LogP contribution in [0.25, 0.3) is 22.3 Å². The molecule has 7 nitrogen and oxygen atoms in total. The Morgan fingerprint density at radius 3 is 2.42 bits per heavy atom. The van der Waals surface area contributed by atoms with E-state index in [0.29, 0.717) is 51.6 Å². The summed E-state index contributed by atoms with van der Waals surface area (Å²) in [4.78, 5) is 26.2. The normalized spacial score (nSPS) is 10.6. The first kappa shape index (κ1) is 24.6. The fraction of sp³-hybridized carbons (Fsp3) is 0.172. The van der Waals surface area contributed by atoms with Gasteiger partial charge in [-0.3, -0.25) is 4.79 Å². The number of anilines is 1. The number of furan rings is 1. The van der Waals surface area contributed by atoms with Crippen LogP contribution in [0.3, 0.4) is 0 Å². The SMILES string of the molecule is C=C(C)COc1ccc2oc(-c3ccc(OC)cc3)c(C(=O)Nc3ccccc3C(=O)OCC)c2c1. The van der Waals surface area contributed by atoms with Gasteiger partial charge in [-0.15, -0.1) is 0 Å². The van der Waals surface area contributed by atoms with Crippen molar-refractivity contribution in [2.24, 2.45) is 0 Å². The summed E-state index contributed by atoms with van der Waals surface area (Å²) in [5.74, 6) is 0.689.